The van der Waals surface area contributed by atoms with Gasteiger partial charge in [0.15, 0.2) is 0 Å². The second kappa shape index (κ2) is 4.51. The Morgan fingerprint density at radius 1 is 1.08 bits per heavy atom. The normalized spacial score (nSPS) is 10.7. The molecule has 0 heterocycles. The Balaban J connectivity index is 0.00000121. The number of hydrogen-bond donors (Lipinski definition) is 0. The van der Waals surface area contributed by atoms with Crippen LogP contribution in [0, 0.1) is 0 Å². The average Bonchev–Trinajstić information content (AvgIpc) is 1.86. The second-order valence-electron chi connectivity index (χ2n) is 1.98. The van der Waals surface area contributed by atoms with Crippen molar-refractivity contribution in [3.05, 3.63) is 34.9 Å². The fraction of sp³-hybridized carbons (Fsp3) is 0.143. The molecule has 0 saturated heterocycles. The van der Waals surface area contributed by atoms with Crippen LogP contribution in [-0.2, 0) is 6.18 Å². The van der Waals surface area contributed by atoms with Crippen LogP contribution in [0.15, 0.2) is 24.3 Å². The topological polar surface area (TPSA) is 0 Å². The maximum absolute atomic E-state index is 12.0. The van der Waals surface area contributed by atoms with E-state index in [0.717, 1.165) is 6.07 Å². The third-order valence-corrected chi connectivity index (χ3v) is 1.51. The maximum atomic E-state index is 12.0. The Kier molecular flexibility index (Phi) is 4.62. The molecule has 0 bridgehead atoms. The van der Waals surface area contributed by atoms with Gasteiger partial charge in [0, 0.05) is 0 Å². The van der Waals surface area contributed by atoms with Crippen molar-refractivity contribution in [2.45, 2.75) is 6.18 Å². The Hall–Kier alpha value is 0.300. The summed E-state index contributed by atoms with van der Waals surface area (Å²) in [5.41, 5.74) is -0.790. The minimum atomic E-state index is -4.35. The van der Waals surface area contributed by atoms with E-state index in [1.807, 2.05) is 0 Å². The van der Waals surface area contributed by atoms with E-state index in [0.29, 0.717) is 0 Å². The first-order chi connectivity index (χ1) is 5.02. The summed E-state index contributed by atoms with van der Waals surface area (Å²) in [6.07, 6.45) is -4.35. The van der Waals surface area contributed by atoms with Crippen LogP contribution in [0.5, 0.6) is 0 Å². The zero-order valence-corrected chi connectivity index (χ0v) is 6.08. The van der Waals surface area contributed by atoms with Gasteiger partial charge in [-0.15, -0.1) is 0 Å². The molecule has 0 nitrogen and oxygen atoms in total. The molecule has 1 aromatic rings. The summed E-state index contributed by atoms with van der Waals surface area (Å²) >= 11 is 5.29. The minimum absolute atomic E-state index is 0. The number of benzene rings is 1. The molecule has 1 aromatic carbocycles. The summed E-state index contributed by atoms with van der Waals surface area (Å²) in [5, 5.41) is -0.264. The van der Waals surface area contributed by atoms with E-state index in [1.165, 1.54) is 18.2 Å². The quantitative estimate of drug-likeness (QED) is 0.570. The van der Waals surface area contributed by atoms with Gasteiger partial charge in [-0.3, -0.25) is 0 Å². The van der Waals surface area contributed by atoms with Crippen molar-refractivity contribution in [1.82, 2.24) is 0 Å². The molecular weight excluding hydrogens is 200 g/mol. The fourth-order valence-electron chi connectivity index (χ4n) is 0.691. The SMILES string of the molecule is FC(F)(F)c1ccccc1Cl.[NaH]. The van der Waals surface area contributed by atoms with E-state index < -0.39 is 11.7 Å². The van der Waals surface area contributed by atoms with E-state index in [2.05, 4.69) is 0 Å². The molecular formula is C7H5ClF3Na. The molecule has 0 amide bonds. The van der Waals surface area contributed by atoms with Crippen molar-refractivity contribution >= 4 is 41.2 Å². The molecule has 0 atom stereocenters. The summed E-state index contributed by atoms with van der Waals surface area (Å²) in [5.74, 6) is 0. The summed E-state index contributed by atoms with van der Waals surface area (Å²) in [6, 6.07) is 4.92. The Labute approximate surface area is 95.0 Å². The van der Waals surface area contributed by atoms with Crippen LogP contribution >= 0.6 is 11.6 Å². The number of alkyl halides is 3. The van der Waals surface area contributed by atoms with E-state index >= 15 is 0 Å². The van der Waals surface area contributed by atoms with Crippen LogP contribution in [0.4, 0.5) is 13.2 Å². The molecule has 0 aliphatic rings. The number of halogens is 4. The van der Waals surface area contributed by atoms with Crippen LogP contribution in [0.3, 0.4) is 0 Å². The van der Waals surface area contributed by atoms with Gasteiger partial charge in [-0.25, -0.2) is 0 Å². The van der Waals surface area contributed by atoms with Crippen LogP contribution in [0.1, 0.15) is 5.56 Å². The molecule has 0 aliphatic heterocycles. The predicted molar refractivity (Wildman–Crippen MR) is 43.6 cm³/mol. The molecule has 0 fully saturated rings. The standard InChI is InChI=1S/C7H4ClF3.Na.H/c8-6-4-2-1-3-5(6)7(9,10)11;;/h1-4H;;. The molecule has 0 aliphatic carbocycles. The van der Waals surface area contributed by atoms with Crippen LogP contribution in [0.2, 0.25) is 5.02 Å². The van der Waals surface area contributed by atoms with E-state index in [1.54, 1.807) is 0 Å². The van der Waals surface area contributed by atoms with Gasteiger partial charge in [-0.1, -0.05) is 23.7 Å². The van der Waals surface area contributed by atoms with Gasteiger partial charge >= 0.3 is 35.7 Å². The van der Waals surface area contributed by atoms with Gasteiger partial charge in [-0.2, -0.15) is 13.2 Å². The van der Waals surface area contributed by atoms with Gasteiger partial charge in [0.2, 0.25) is 0 Å². The van der Waals surface area contributed by atoms with Gasteiger partial charge in [0.05, 0.1) is 10.6 Å². The molecule has 12 heavy (non-hydrogen) atoms. The predicted octanol–water partition coefficient (Wildman–Crippen LogP) is 2.71. The Morgan fingerprint density at radius 2 is 1.58 bits per heavy atom. The third kappa shape index (κ3) is 2.98. The molecule has 0 unspecified atom stereocenters. The third-order valence-electron chi connectivity index (χ3n) is 1.18. The van der Waals surface area contributed by atoms with Crippen molar-refractivity contribution < 1.29 is 13.2 Å². The molecule has 0 aromatic heterocycles. The van der Waals surface area contributed by atoms with Crippen LogP contribution in [0.25, 0.3) is 0 Å². The summed E-state index contributed by atoms with van der Waals surface area (Å²) < 4.78 is 35.9. The van der Waals surface area contributed by atoms with Gasteiger partial charge in [-0.05, 0) is 12.1 Å². The van der Waals surface area contributed by atoms with Gasteiger partial charge in [0.1, 0.15) is 0 Å². The van der Waals surface area contributed by atoms with Crippen LogP contribution in [-0.4, -0.2) is 29.6 Å². The first kappa shape index (κ1) is 12.3. The fourth-order valence-corrected chi connectivity index (χ4v) is 0.934. The Morgan fingerprint density at radius 3 is 1.92 bits per heavy atom. The number of rotatable bonds is 0. The molecule has 62 valence electrons. The molecule has 0 N–H and O–H groups in total. The van der Waals surface area contributed by atoms with Crippen molar-refractivity contribution in [2.75, 3.05) is 0 Å². The van der Waals surface area contributed by atoms with Crippen molar-refractivity contribution in [3.63, 3.8) is 0 Å². The van der Waals surface area contributed by atoms with E-state index in [-0.39, 0.29) is 34.6 Å². The van der Waals surface area contributed by atoms with Crippen molar-refractivity contribution in [3.8, 4) is 0 Å². The first-order valence-corrected chi connectivity index (χ1v) is 3.21. The monoisotopic (exact) mass is 204 g/mol. The molecule has 0 radical (unpaired) electrons. The second-order valence-corrected chi connectivity index (χ2v) is 2.38. The van der Waals surface area contributed by atoms with Gasteiger partial charge < -0.3 is 0 Å². The first-order valence-electron chi connectivity index (χ1n) is 2.83. The average molecular weight is 205 g/mol. The zero-order chi connectivity index (χ0) is 8.48. The zero-order valence-electron chi connectivity index (χ0n) is 5.32. The van der Waals surface area contributed by atoms with E-state index in [4.69, 9.17) is 11.6 Å². The molecule has 5 heteroatoms. The molecule has 0 spiro atoms. The summed E-state index contributed by atoms with van der Waals surface area (Å²) in [6.45, 7) is 0. The van der Waals surface area contributed by atoms with Crippen LogP contribution < -0.4 is 0 Å². The summed E-state index contributed by atoms with van der Waals surface area (Å²) in [7, 11) is 0. The van der Waals surface area contributed by atoms with Gasteiger partial charge in [0.25, 0.3) is 0 Å². The molecule has 0 saturated carbocycles. The van der Waals surface area contributed by atoms with Crippen molar-refractivity contribution in [1.29, 1.82) is 0 Å². The number of hydrogen-bond acceptors (Lipinski definition) is 0. The Bertz CT molecular complexity index is 259. The van der Waals surface area contributed by atoms with E-state index in [9.17, 15) is 13.2 Å². The van der Waals surface area contributed by atoms with Crippen molar-refractivity contribution in [2.24, 2.45) is 0 Å². The molecule has 1 rings (SSSR count). The summed E-state index contributed by atoms with van der Waals surface area (Å²) in [4.78, 5) is 0.